The SMILES string of the molecule is N#Cc1[nH]nnc1-c1cc(-c2ccsc2)ccc1F. The van der Waals surface area contributed by atoms with Gasteiger partial charge in [0.05, 0.1) is 0 Å². The number of hydrogen-bond acceptors (Lipinski definition) is 4. The van der Waals surface area contributed by atoms with E-state index in [9.17, 15) is 4.39 Å². The Balaban J connectivity index is 2.17. The normalized spacial score (nSPS) is 10.3. The van der Waals surface area contributed by atoms with Gasteiger partial charge in [0.1, 0.15) is 17.6 Å². The van der Waals surface area contributed by atoms with Crippen molar-refractivity contribution in [1.29, 1.82) is 5.26 Å². The van der Waals surface area contributed by atoms with Crippen LogP contribution in [0.25, 0.3) is 22.4 Å². The first-order chi connectivity index (χ1) is 9.29. The zero-order chi connectivity index (χ0) is 13.2. The van der Waals surface area contributed by atoms with Crippen LogP contribution < -0.4 is 0 Å². The second-order valence-electron chi connectivity index (χ2n) is 3.85. The van der Waals surface area contributed by atoms with Crippen molar-refractivity contribution in [2.75, 3.05) is 0 Å². The molecule has 3 aromatic rings. The van der Waals surface area contributed by atoms with Gasteiger partial charge < -0.3 is 0 Å². The van der Waals surface area contributed by atoms with Crippen LogP contribution >= 0.6 is 11.3 Å². The molecule has 0 saturated carbocycles. The molecule has 1 N–H and O–H groups in total. The molecule has 0 amide bonds. The highest BCUT2D eigenvalue weighted by Gasteiger charge is 2.15. The van der Waals surface area contributed by atoms with E-state index < -0.39 is 5.82 Å². The van der Waals surface area contributed by atoms with Crippen LogP contribution in [0.3, 0.4) is 0 Å². The number of H-pyrrole nitrogens is 1. The predicted octanol–water partition coefficient (Wildman–Crippen LogP) is 3.21. The van der Waals surface area contributed by atoms with Crippen LogP contribution in [0.1, 0.15) is 5.69 Å². The van der Waals surface area contributed by atoms with E-state index in [0.717, 1.165) is 11.1 Å². The highest BCUT2D eigenvalue weighted by atomic mass is 32.1. The molecule has 0 fully saturated rings. The molecular formula is C13H7FN4S. The van der Waals surface area contributed by atoms with Crippen molar-refractivity contribution in [3.8, 4) is 28.5 Å². The highest BCUT2D eigenvalue weighted by Crippen LogP contribution is 2.29. The summed E-state index contributed by atoms with van der Waals surface area (Å²) in [5.74, 6) is -0.427. The van der Waals surface area contributed by atoms with Crippen molar-refractivity contribution in [3.05, 3.63) is 46.5 Å². The Bertz CT molecular complexity index is 755. The van der Waals surface area contributed by atoms with Crippen LogP contribution in [0.2, 0.25) is 0 Å². The lowest BCUT2D eigenvalue weighted by Crippen LogP contribution is -1.89. The lowest BCUT2D eigenvalue weighted by molar-refractivity contribution is 0.631. The third kappa shape index (κ3) is 2.00. The first kappa shape index (κ1) is 11.6. The van der Waals surface area contributed by atoms with Crippen molar-refractivity contribution >= 4 is 11.3 Å². The average molecular weight is 270 g/mol. The number of aromatic nitrogens is 3. The molecule has 2 aromatic heterocycles. The van der Waals surface area contributed by atoms with Crippen molar-refractivity contribution in [3.63, 3.8) is 0 Å². The van der Waals surface area contributed by atoms with Crippen LogP contribution in [0.4, 0.5) is 4.39 Å². The molecule has 0 atom stereocenters. The van der Waals surface area contributed by atoms with E-state index in [1.54, 1.807) is 23.5 Å². The van der Waals surface area contributed by atoms with Gasteiger partial charge in [-0.25, -0.2) is 9.49 Å². The van der Waals surface area contributed by atoms with Crippen molar-refractivity contribution in [1.82, 2.24) is 15.4 Å². The molecule has 0 unspecified atom stereocenters. The Kier molecular flexibility index (Phi) is 2.82. The molecule has 0 radical (unpaired) electrons. The minimum Gasteiger partial charge on any atom is -0.247 e. The second-order valence-corrected chi connectivity index (χ2v) is 4.63. The number of nitriles is 1. The largest absolute Gasteiger partial charge is 0.247 e. The van der Waals surface area contributed by atoms with Gasteiger partial charge in [-0.2, -0.15) is 16.6 Å². The van der Waals surface area contributed by atoms with E-state index >= 15 is 0 Å². The van der Waals surface area contributed by atoms with E-state index in [1.807, 2.05) is 22.9 Å². The standard InChI is InChI=1S/C13H7FN4S/c14-11-2-1-8(9-3-4-19-7-9)5-10(11)13-12(6-15)16-18-17-13/h1-5,7H,(H,16,17,18). The first-order valence-corrected chi connectivity index (χ1v) is 6.37. The summed E-state index contributed by atoms with van der Waals surface area (Å²) in [5, 5.41) is 22.6. The van der Waals surface area contributed by atoms with Crippen molar-refractivity contribution in [2.24, 2.45) is 0 Å². The molecule has 0 aliphatic carbocycles. The van der Waals surface area contributed by atoms with Crippen molar-refractivity contribution in [2.45, 2.75) is 0 Å². The molecule has 0 bridgehead atoms. The highest BCUT2D eigenvalue weighted by molar-refractivity contribution is 7.08. The topological polar surface area (TPSA) is 65.4 Å². The van der Waals surface area contributed by atoms with Crippen LogP contribution in [0.15, 0.2) is 35.0 Å². The Morgan fingerprint density at radius 2 is 2.16 bits per heavy atom. The number of thiophene rings is 1. The maximum absolute atomic E-state index is 13.9. The molecule has 0 aliphatic heterocycles. The molecule has 19 heavy (non-hydrogen) atoms. The summed E-state index contributed by atoms with van der Waals surface area (Å²) in [6.45, 7) is 0. The first-order valence-electron chi connectivity index (χ1n) is 5.43. The fraction of sp³-hybridized carbons (Fsp3) is 0. The molecule has 0 aliphatic rings. The molecule has 0 spiro atoms. The number of nitrogens with one attached hydrogen (secondary N) is 1. The van der Waals surface area contributed by atoms with Crippen LogP contribution in [0.5, 0.6) is 0 Å². The van der Waals surface area contributed by atoms with Gasteiger partial charge in [-0.05, 0) is 40.1 Å². The average Bonchev–Trinajstić information content (AvgIpc) is 3.10. The summed E-state index contributed by atoms with van der Waals surface area (Å²) in [6, 6.07) is 8.62. The van der Waals surface area contributed by atoms with Gasteiger partial charge in [-0.1, -0.05) is 11.3 Å². The van der Waals surface area contributed by atoms with Gasteiger partial charge in [0.15, 0.2) is 5.69 Å². The molecule has 2 heterocycles. The molecule has 92 valence electrons. The van der Waals surface area contributed by atoms with Gasteiger partial charge in [-0.15, -0.1) is 5.10 Å². The third-order valence-corrected chi connectivity index (χ3v) is 3.42. The number of rotatable bonds is 2. The lowest BCUT2D eigenvalue weighted by atomic mass is 10.0. The van der Waals surface area contributed by atoms with Crippen molar-refractivity contribution < 1.29 is 4.39 Å². The fourth-order valence-corrected chi connectivity index (χ4v) is 2.47. The van der Waals surface area contributed by atoms with Gasteiger partial charge in [0.2, 0.25) is 0 Å². The molecule has 6 heteroatoms. The monoisotopic (exact) mass is 270 g/mol. The van der Waals surface area contributed by atoms with Crippen LogP contribution in [-0.4, -0.2) is 15.4 Å². The van der Waals surface area contributed by atoms with Crippen LogP contribution in [-0.2, 0) is 0 Å². The summed E-state index contributed by atoms with van der Waals surface area (Å²) in [5.41, 5.74) is 2.55. The zero-order valence-corrected chi connectivity index (χ0v) is 10.4. The molecular weight excluding hydrogens is 263 g/mol. The third-order valence-electron chi connectivity index (χ3n) is 2.74. The Labute approximate surface area is 112 Å². The summed E-state index contributed by atoms with van der Waals surface area (Å²) in [6.07, 6.45) is 0. The summed E-state index contributed by atoms with van der Waals surface area (Å²) >= 11 is 1.57. The van der Waals surface area contributed by atoms with E-state index in [2.05, 4.69) is 15.4 Å². The molecule has 4 nitrogen and oxygen atoms in total. The zero-order valence-electron chi connectivity index (χ0n) is 9.59. The Hall–Kier alpha value is -2.52. The molecule has 1 aromatic carbocycles. The number of aromatic amines is 1. The number of hydrogen-bond donors (Lipinski definition) is 1. The Morgan fingerprint density at radius 1 is 1.26 bits per heavy atom. The van der Waals surface area contributed by atoms with Gasteiger partial charge >= 0.3 is 0 Å². The number of benzene rings is 1. The summed E-state index contributed by atoms with van der Waals surface area (Å²) in [4.78, 5) is 0. The van der Waals surface area contributed by atoms with Gasteiger partial charge in [0.25, 0.3) is 0 Å². The maximum Gasteiger partial charge on any atom is 0.163 e. The summed E-state index contributed by atoms with van der Waals surface area (Å²) < 4.78 is 13.9. The Morgan fingerprint density at radius 3 is 2.89 bits per heavy atom. The van der Waals surface area contributed by atoms with Gasteiger partial charge in [0, 0.05) is 5.56 Å². The quantitative estimate of drug-likeness (QED) is 0.777. The lowest BCUT2D eigenvalue weighted by Gasteiger charge is -2.03. The molecule has 0 saturated heterocycles. The molecule has 3 rings (SSSR count). The number of halogens is 1. The van der Waals surface area contributed by atoms with E-state index in [4.69, 9.17) is 5.26 Å². The maximum atomic E-state index is 13.9. The van der Waals surface area contributed by atoms with E-state index in [1.165, 1.54) is 6.07 Å². The fourth-order valence-electron chi connectivity index (χ4n) is 1.81. The van der Waals surface area contributed by atoms with Crippen LogP contribution in [0, 0.1) is 17.1 Å². The minimum atomic E-state index is -0.427. The van der Waals surface area contributed by atoms with E-state index in [0.29, 0.717) is 0 Å². The summed E-state index contributed by atoms with van der Waals surface area (Å²) in [7, 11) is 0. The number of nitrogens with zero attached hydrogens (tertiary/aromatic N) is 3. The van der Waals surface area contributed by atoms with E-state index in [-0.39, 0.29) is 17.0 Å². The smallest absolute Gasteiger partial charge is 0.163 e. The predicted molar refractivity (Wildman–Crippen MR) is 69.8 cm³/mol. The minimum absolute atomic E-state index is 0.154. The van der Waals surface area contributed by atoms with Gasteiger partial charge in [-0.3, -0.25) is 0 Å². The second kappa shape index (κ2) is 4.63.